The average Bonchev–Trinajstić information content (AvgIpc) is 3.22. The number of fused-ring (bicyclic) bond motifs is 1. The van der Waals surface area contributed by atoms with Crippen molar-refractivity contribution in [3.05, 3.63) is 52.7 Å². The first-order chi connectivity index (χ1) is 32.5. The van der Waals surface area contributed by atoms with Gasteiger partial charge in [-0.05, 0) is 24.3 Å². The molecule has 24 heteroatoms. The summed E-state index contributed by atoms with van der Waals surface area (Å²) in [7, 11) is 0. The van der Waals surface area contributed by atoms with Crippen LogP contribution in [0.1, 0.15) is 62.3 Å². The molecule has 2 aromatic carbocycles. The van der Waals surface area contributed by atoms with Gasteiger partial charge >= 0.3 is 53.7 Å². The summed E-state index contributed by atoms with van der Waals surface area (Å²) in [4.78, 5) is 125. The first-order valence-electron chi connectivity index (χ1n) is 20.8. The fraction of sp³-hybridized carbons (Fsp3) is 0.467. The zero-order valence-electron chi connectivity index (χ0n) is 38.5. The molecule has 2 saturated heterocycles. The van der Waals surface area contributed by atoms with E-state index in [9.17, 15) is 47.9 Å². The highest BCUT2D eigenvalue weighted by atomic mass is 16.8. The third-order valence-corrected chi connectivity index (χ3v) is 9.54. The van der Waals surface area contributed by atoms with E-state index in [0.29, 0.717) is 5.56 Å². The standard InChI is InChI=1S/C45H48O24/c1-19(46)56-17-35-38(60-22(4)49)40(62-24(6)51)42(64-26(8)53)44(68-35)57-18-36-39(61-23(5)50)41(63-25(7)52)43(65-27(9)54)45(69-36)66-30-14-33(59-21(3)48)37-31(55)16-32(67-34(37)15-30)28-10-12-29(13-11-28)58-20(2)47/h10-16,35-36,38-45H,17-18H2,1-9H3/t35-,36-,38-,39-,40+,41+,42-,43-,44-,45-/m1/s1. The summed E-state index contributed by atoms with van der Waals surface area (Å²) in [5, 5.41) is -0.206. The SMILES string of the molecule is CC(=O)OC[C@H]1O[C@@H](OC[C@H]2O[C@@H](Oc3cc(OC(C)=O)c4c(=O)cc(-c5ccc(OC(C)=O)cc5)oc4c3)[C@H](OC(C)=O)[C@@H](OC(C)=O)[C@@H]2OC(C)=O)[C@H](OC(C)=O)[C@@H](OC(C)=O)[C@@H]1OC(C)=O. The van der Waals surface area contributed by atoms with Crippen LogP contribution in [0.2, 0.25) is 0 Å². The van der Waals surface area contributed by atoms with E-state index in [1.165, 1.54) is 37.3 Å². The number of carbonyl (C=O) groups is 9. The third-order valence-electron chi connectivity index (χ3n) is 9.54. The van der Waals surface area contributed by atoms with E-state index in [1.54, 1.807) is 0 Å². The molecule has 10 atom stereocenters. The average molecular weight is 973 g/mol. The molecule has 5 rings (SSSR count). The fourth-order valence-electron chi connectivity index (χ4n) is 7.26. The van der Waals surface area contributed by atoms with E-state index >= 15 is 0 Å². The Kier molecular flexibility index (Phi) is 17.5. The zero-order chi connectivity index (χ0) is 50.9. The van der Waals surface area contributed by atoms with Gasteiger partial charge in [0.15, 0.2) is 42.2 Å². The molecular formula is C45H48O24. The van der Waals surface area contributed by atoms with E-state index in [2.05, 4.69) is 0 Å². The number of rotatable bonds is 16. The molecule has 69 heavy (non-hydrogen) atoms. The van der Waals surface area contributed by atoms with Crippen molar-refractivity contribution >= 4 is 64.7 Å². The molecule has 3 aromatic rings. The van der Waals surface area contributed by atoms with Gasteiger partial charge in [0.05, 0.1) is 6.61 Å². The summed E-state index contributed by atoms with van der Waals surface area (Å²) in [5.74, 6) is -8.24. The van der Waals surface area contributed by atoms with Gasteiger partial charge in [-0.1, -0.05) is 0 Å². The zero-order valence-corrected chi connectivity index (χ0v) is 38.5. The van der Waals surface area contributed by atoms with Crippen molar-refractivity contribution in [2.45, 2.75) is 124 Å². The molecule has 1 aromatic heterocycles. The maximum absolute atomic E-state index is 13.6. The molecule has 2 aliphatic rings. The Labute approximate surface area is 391 Å². The van der Waals surface area contributed by atoms with Crippen LogP contribution >= 0.6 is 0 Å². The van der Waals surface area contributed by atoms with Crippen LogP contribution in [0.15, 0.2) is 51.7 Å². The molecule has 0 saturated carbocycles. The topological polar surface area (TPSA) is 304 Å². The lowest BCUT2D eigenvalue weighted by Gasteiger charge is -2.46. The number of esters is 9. The largest absolute Gasteiger partial charge is 0.463 e. The lowest BCUT2D eigenvalue weighted by Crippen LogP contribution is -2.65. The molecule has 2 aliphatic heterocycles. The maximum atomic E-state index is 13.6. The van der Waals surface area contributed by atoms with E-state index in [-0.39, 0.29) is 34.0 Å². The van der Waals surface area contributed by atoms with Gasteiger partial charge in [-0.15, -0.1) is 0 Å². The molecule has 0 spiro atoms. The minimum absolute atomic E-state index is 0.0121. The fourth-order valence-corrected chi connectivity index (χ4v) is 7.26. The van der Waals surface area contributed by atoms with Crippen LogP contribution in [0.4, 0.5) is 0 Å². The van der Waals surface area contributed by atoms with Crippen molar-refractivity contribution in [3.8, 4) is 28.6 Å². The molecule has 0 N–H and O–H groups in total. The predicted molar refractivity (Wildman–Crippen MR) is 224 cm³/mol. The molecule has 2 fully saturated rings. The number of carbonyl (C=O) groups excluding carboxylic acids is 9. The molecule has 0 aliphatic carbocycles. The van der Waals surface area contributed by atoms with Crippen LogP contribution in [0.25, 0.3) is 22.3 Å². The van der Waals surface area contributed by atoms with Crippen molar-refractivity contribution in [1.29, 1.82) is 0 Å². The van der Waals surface area contributed by atoms with E-state index < -0.39 is 134 Å². The van der Waals surface area contributed by atoms with Gasteiger partial charge in [-0.25, -0.2) is 0 Å². The Bertz CT molecular complexity index is 2510. The number of benzene rings is 2. The Hall–Kier alpha value is -7.44. The Balaban J connectivity index is 1.60. The Morgan fingerprint density at radius 1 is 0.478 bits per heavy atom. The van der Waals surface area contributed by atoms with Gasteiger partial charge in [0, 0.05) is 86.1 Å². The van der Waals surface area contributed by atoms with Crippen molar-refractivity contribution in [2.24, 2.45) is 0 Å². The van der Waals surface area contributed by atoms with Crippen molar-refractivity contribution < 1.29 is 109 Å². The van der Waals surface area contributed by atoms with Crippen molar-refractivity contribution in [3.63, 3.8) is 0 Å². The minimum atomic E-state index is -1.86. The molecular weight excluding hydrogens is 924 g/mol. The second-order valence-electron chi connectivity index (χ2n) is 15.3. The lowest BCUT2D eigenvalue weighted by molar-refractivity contribution is -0.327. The van der Waals surface area contributed by atoms with E-state index in [1.807, 2.05) is 0 Å². The van der Waals surface area contributed by atoms with E-state index in [4.69, 9.17) is 66.0 Å². The number of ether oxygens (including phenoxy) is 13. The summed E-state index contributed by atoms with van der Waals surface area (Å²) in [6.45, 7) is 8.05. The molecule has 0 amide bonds. The van der Waals surface area contributed by atoms with Crippen LogP contribution in [-0.2, 0) is 90.5 Å². The minimum Gasteiger partial charge on any atom is -0.463 e. The van der Waals surface area contributed by atoms with Gasteiger partial charge in [-0.2, -0.15) is 0 Å². The normalized spacial score (nSPS) is 24.1. The smallest absolute Gasteiger partial charge is 0.308 e. The molecule has 372 valence electrons. The summed E-state index contributed by atoms with van der Waals surface area (Å²) in [5.41, 5.74) is -0.507. The summed E-state index contributed by atoms with van der Waals surface area (Å²) >= 11 is 0. The van der Waals surface area contributed by atoms with E-state index in [0.717, 1.165) is 67.5 Å². The summed E-state index contributed by atoms with van der Waals surface area (Å²) < 4.78 is 79.5. The molecule has 0 radical (unpaired) electrons. The van der Waals surface area contributed by atoms with Gasteiger partial charge in [0.1, 0.15) is 52.8 Å². The first kappa shape index (κ1) is 52.5. The highest BCUT2D eigenvalue weighted by Crippen LogP contribution is 2.37. The first-order valence-corrected chi connectivity index (χ1v) is 20.8. The van der Waals surface area contributed by atoms with Gasteiger partial charge in [-0.3, -0.25) is 47.9 Å². The molecule has 0 unspecified atom stereocenters. The quantitative estimate of drug-likeness (QED) is 0.113. The van der Waals surface area contributed by atoms with Crippen molar-refractivity contribution in [1.82, 2.24) is 0 Å². The highest BCUT2D eigenvalue weighted by molar-refractivity contribution is 5.89. The maximum Gasteiger partial charge on any atom is 0.308 e. The summed E-state index contributed by atoms with van der Waals surface area (Å²) in [6, 6.07) is 9.38. The highest BCUT2D eigenvalue weighted by Gasteiger charge is 2.56. The molecule has 3 heterocycles. The van der Waals surface area contributed by atoms with Crippen LogP contribution in [0.3, 0.4) is 0 Å². The predicted octanol–water partition coefficient (Wildman–Crippen LogP) is 2.31. The van der Waals surface area contributed by atoms with Gasteiger partial charge in [0.25, 0.3) is 0 Å². The number of hydrogen-bond donors (Lipinski definition) is 0. The second kappa shape index (κ2) is 23.0. The van der Waals surface area contributed by atoms with Crippen molar-refractivity contribution in [2.75, 3.05) is 13.2 Å². The molecule has 0 bridgehead atoms. The van der Waals surface area contributed by atoms with Crippen LogP contribution in [-0.4, -0.2) is 128 Å². The molecule has 24 nitrogen and oxygen atoms in total. The Morgan fingerprint density at radius 2 is 0.942 bits per heavy atom. The van der Waals surface area contributed by atoms with Crippen LogP contribution in [0.5, 0.6) is 17.2 Å². The monoisotopic (exact) mass is 972 g/mol. The van der Waals surface area contributed by atoms with Gasteiger partial charge in [0.2, 0.25) is 12.4 Å². The lowest BCUT2D eigenvalue weighted by atomic mass is 9.97. The van der Waals surface area contributed by atoms with Crippen LogP contribution < -0.4 is 19.6 Å². The van der Waals surface area contributed by atoms with Gasteiger partial charge < -0.3 is 66.0 Å². The summed E-state index contributed by atoms with van der Waals surface area (Å²) in [6.07, 6.45) is -16.8. The van der Waals surface area contributed by atoms with Crippen LogP contribution in [0, 0.1) is 0 Å². The Morgan fingerprint density at radius 3 is 1.43 bits per heavy atom. The second-order valence-corrected chi connectivity index (χ2v) is 15.3. The number of hydrogen-bond acceptors (Lipinski definition) is 24. The third kappa shape index (κ3) is 14.3.